The lowest BCUT2D eigenvalue weighted by molar-refractivity contribution is -0.137. The van der Waals surface area contributed by atoms with E-state index in [0.717, 1.165) is 12.1 Å². The maximum Gasteiger partial charge on any atom is 0.416 e. The molecule has 10 nitrogen and oxygen atoms in total. The largest absolute Gasteiger partial charge is 0.494 e. The number of azide groups is 1. The number of nitrogens with zero attached hydrogens (tertiary/aromatic N) is 4. The number of alkyl halides is 3. The number of hydrazine groups is 1. The summed E-state index contributed by atoms with van der Waals surface area (Å²) in [5.41, 5.74) is 14.3. The molecule has 3 N–H and O–H groups in total. The molecule has 0 saturated carbocycles. The molecule has 1 aliphatic rings. The fraction of sp³-hybridized carbons (Fsp3) is 0.235. The summed E-state index contributed by atoms with van der Waals surface area (Å²) in [6.45, 7) is 0.290. The lowest BCUT2D eigenvalue weighted by Gasteiger charge is -2.31. The first-order chi connectivity index (χ1) is 23.5. The molecule has 1 amide bonds. The minimum atomic E-state index is -4.48. The number of rotatable bonds is 13. The zero-order valence-electron chi connectivity index (χ0n) is 25.6. The first-order valence-corrected chi connectivity index (χ1v) is 15.7. The Balaban J connectivity index is 1.55. The van der Waals surface area contributed by atoms with E-state index in [2.05, 4.69) is 20.9 Å². The Morgan fingerprint density at radius 2 is 1.80 bits per heavy atom. The highest BCUT2D eigenvalue weighted by Gasteiger charge is 2.54. The van der Waals surface area contributed by atoms with Crippen molar-refractivity contribution in [3.63, 3.8) is 0 Å². The summed E-state index contributed by atoms with van der Waals surface area (Å²) >= 11 is 12.9. The third kappa shape index (κ3) is 8.45. The van der Waals surface area contributed by atoms with Crippen molar-refractivity contribution in [1.29, 1.82) is 0 Å². The van der Waals surface area contributed by atoms with Crippen LogP contribution in [0.5, 0.6) is 5.75 Å². The van der Waals surface area contributed by atoms with Gasteiger partial charge in [0.15, 0.2) is 11.6 Å². The molecule has 49 heavy (non-hydrogen) atoms. The maximum absolute atomic E-state index is 14.4. The second kappa shape index (κ2) is 15.6. The zero-order chi connectivity index (χ0) is 35.0. The number of carbonyl (C=O) groups is 1. The third-order valence-corrected chi connectivity index (χ3v) is 8.22. The van der Waals surface area contributed by atoms with Crippen LogP contribution in [-0.2, 0) is 28.7 Å². The van der Waals surface area contributed by atoms with Crippen molar-refractivity contribution in [2.45, 2.75) is 37.2 Å². The lowest BCUT2D eigenvalue weighted by atomic mass is 9.81. The standard InChI is InChI=1S/C34H29Cl2F3N6O4/c35-25-12-15-27(28(36)18-25)30-33(19-23-4-1-2-5-29(23)43-45-40,32(47)44-41-20-21-6-10-24(11-7-21)34(37,38)39)42-31(49-30)22-8-13-26(14-9-22)48-17-3-16-46/h1-2,4-15,18,30,41,46H,3,16-17,19-20H2,(H,44,47)/t30-,33-/m0/s1. The van der Waals surface area contributed by atoms with Crippen molar-refractivity contribution in [3.05, 3.63) is 139 Å². The number of aliphatic hydroxyl groups is 1. The van der Waals surface area contributed by atoms with Gasteiger partial charge in [-0.1, -0.05) is 70.8 Å². The van der Waals surface area contributed by atoms with Crippen LogP contribution in [0.1, 0.15) is 40.3 Å². The molecule has 0 spiro atoms. The highest BCUT2D eigenvalue weighted by Crippen LogP contribution is 2.46. The molecule has 2 atom stereocenters. The molecule has 254 valence electrons. The predicted octanol–water partition coefficient (Wildman–Crippen LogP) is 8.04. The monoisotopic (exact) mass is 712 g/mol. The molecule has 1 heterocycles. The molecule has 0 fully saturated rings. The Bertz CT molecular complexity index is 1870. The van der Waals surface area contributed by atoms with Gasteiger partial charge >= 0.3 is 6.18 Å². The number of aliphatic hydroxyl groups excluding tert-OH is 1. The molecule has 0 radical (unpaired) electrons. The number of hydrogen-bond acceptors (Lipinski definition) is 7. The molecule has 1 aliphatic heterocycles. The van der Waals surface area contributed by atoms with E-state index in [9.17, 15) is 23.5 Å². The number of carbonyl (C=O) groups excluding carboxylic acids is 1. The van der Waals surface area contributed by atoms with Crippen LogP contribution in [0.3, 0.4) is 0 Å². The molecule has 0 aliphatic carbocycles. The highest BCUT2D eigenvalue weighted by atomic mass is 35.5. The second-order valence-electron chi connectivity index (χ2n) is 11.0. The Labute approximate surface area is 289 Å². The van der Waals surface area contributed by atoms with Crippen molar-refractivity contribution in [3.8, 4) is 5.75 Å². The van der Waals surface area contributed by atoms with Gasteiger partial charge in [-0.15, -0.1) is 0 Å². The predicted molar refractivity (Wildman–Crippen MR) is 179 cm³/mol. The Morgan fingerprint density at radius 3 is 2.47 bits per heavy atom. The van der Waals surface area contributed by atoms with Gasteiger partial charge in [-0.05, 0) is 65.2 Å². The van der Waals surface area contributed by atoms with Gasteiger partial charge in [0.2, 0.25) is 5.90 Å². The van der Waals surface area contributed by atoms with E-state index < -0.39 is 29.3 Å². The summed E-state index contributed by atoms with van der Waals surface area (Å²) < 4.78 is 51.3. The molecular weight excluding hydrogens is 684 g/mol. The van der Waals surface area contributed by atoms with E-state index in [1.165, 1.54) is 18.2 Å². The Hall–Kier alpha value is -4.78. The fourth-order valence-electron chi connectivity index (χ4n) is 5.22. The molecule has 15 heteroatoms. The minimum Gasteiger partial charge on any atom is -0.494 e. The number of aliphatic imine (C=N–C) groups is 1. The van der Waals surface area contributed by atoms with Gasteiger partial charge in [0, 0.05) is 57.8 Å². The number of benzene rings is 4. The van der Waals surface area contributed by atoms with Crippen molar-refractivity contribution in [2.75, 3.05) is 13.2 Å². The molecule has 4 aromatic carbocycles. The first-order valence-electron chi connectivity index (χ1n) is 14.9. The quantitative estimate of drug-likeness (QED) is 0.0423. The van der Waals surface area contributed by atoms with Crippen molar-refractivity contribution in [2.24, 2.45) is 10.1 Å². The average Bonchev–Trinajstić information content (AvgIpc) is 3.46. The van der Waals surface area contributed by atoms with Crippen LogP contribution in [0.2, 0.25) is 10.0 Å². The van der Waals surface area contributed by atoms with Crippen LogP contribution in [-0.4, -0.2) is 35.7 Å². The summed E-state index contributed by atoms with van der Waals surface area (Å²) in [7, 11) is 0. The Morgan fingerprint density at radius 1 is 1.06 bits per heavy atom. The van der Waals surface area contributed by atoms with Crippen LogP contribution in [0.15, 0.2) is 101 Å². The van der Waals surface area contributed by atoms with Crippen molar-refractivity contribution < 1.29 is 32.5 Å². The molecule has 0 saturated heterocycles. The molecule has 0 bridgehead atoms. The van der Waals surface area contributed by atoms with E-state index in [4.69, 9.17) is 42.8 Å². The number of nitrogens with one attached hydrogen (secondary N) is 2. The average molecular weight is 714 g/mol. The lowest BCUT2D eigenvalue weighted by Crippen LogP contribution is -2.53. The number of hydrogen-bond donors (Lipinski definition) is 3. The highest BCUT2D eigenvalue weighted by molar-refractivity contribution is 6.35. The number of ether oxygens (including phenoxy) is 2. The van der Waals surface area contributed by atoms with Gasteiger partial charge in [-0.25, -0.2) is 10.4 Å². The molecular formula is C34H29Cl2F3N6O4. The van der Waals surface area contributed by atoms with Crippen LogP contribution in [0.4, 0.5) is 18.9 Å². The summed E-state index contributed by atoms with van der Waals surface area (Å²) in [5, 5.41) is 13.4. The molecule has 4 aromatic rings. The van der Waals surface area contributed by atoms with Gasteiger partial charge in [-0.3, -0.25) is 10.2 Å². The van der Waals surface area contributed by atoms with Gasteiger partial charge in [0.25, 0.3) is 5.91 Å². The van der Waals surface area contributed by atoms with Gasteiger partial charge in [0.05, 0.1) is 12.2 Å². The minimum absolute atomic E-state index is 0.0104. The summed E-state index contributed by atoms with van der Waals surface area (Å²) in [4.78, 5) is 22.3. The van der Waals surface area contributed by atoms with E-state index in [-0.39, 0.29) is 36.2 Å². The second-order valence-corrected chi connectivity index (χ2v) is 11.8. The Kier molecular flexibility index (Phi) is 11.3. The first kappa shape index (κ1) is 35.5. The van der Waals surface area contributed by atoms with E-state index >= 15 is 0 Å². The molecule has 0 unspecified atom stereocenters. The SMILES string of the molecule is [N-]=[N+]=Nc1ccccc1C[C@]1(C(=O)NNCc2ccc(C(F)(F)F)cc2)N=C(c2ccc(OCCCO)cc2)O[C@H]1c1ccc(Cl)cc1Cl. The van der Waals surface area contributed by atoms with Gasteiger partial charge in [-0.2, -0.15) is 13.2 Å². The zero-order valence-corrected chi connectivity index (χ0v) is 27.1. The van der Waals surface area contributed by atoms with Crippen LogP contribution in [0.25, 0.3) is 10.4 Å². The normalized spacial score (nSPS) is 17.1. The van der Waals surface area contributed by atoms with Crippen molar-refractivity contribution >= 4 is 40.7 Å². The van der Waals surface area contributed by atoms with Crippen LogP contribution >= 0.6 is 23.2 Å². The van der Waals surface area contributed by atoms with Crippen molar-refractivity contribution in [1.82, 2.24) is 10.9 Å². The summed E-state index contributed by atoms with van der Waals surface area (Å²) in [5.74, 6) is -0.00457. The number of amides is 1. The summed E-state index contributed by atoms with van der Waals surface area (Å²) in [6.07, 6.45) is -5.27. The van der Waals surface area contributed by atoms with Gasteiger partial charge in [0.1, 0.15) is 5.75 Å². The molecule has 5 rings (SSSR count). The van der Waals surface area contributed by atoms with Crippen LogP contribution in [0, 0.1) is 0 Å². The third-order valence-electron chi connectivity index (χ3n) is 7.65. The molecule has 0 aromatic heterocycles. The van der Waals surface area contributed by atoms with Crippen LogP contribution < -0.4 is 15.6 Å². The smallest absolute Gasteiger partial charge is 0.416 e. The van der Waals surface area contributed by atoms with E-state index in [1.807, 2.05) is 0 Å². The summed E-state index contributed by atoms with van der Waals surface area (Å²) in [6, 6.07) is 22.8. The van der Waals surface area contributed by atoms with E-state index in [0.29, 0.717) is 46.1 Å². The van der Waals surface area contributed by atoms with E-state index in [1.54, 1.807) is 60.7 Å². The maximum atomic E-state index is 14.4. The fourth-order valence-corrected chi connectivity index (χ4v) is 5.72. The topological polar surface area (TPSA) is 141 Å². The number of halogens is 5. The van der Waals surface area contributed by atoms with Gasteiger partial charge < -0.3 is 14.6 Å².